The maximum Gasteiger partial charge on any atom is 0.342 e. The number of halogens is 2. The molecule has 1 aromatic carbocycles. The first-order chi connectivity index (χ1) is 11.5. The van der Waals surface area contributed by atoms with Crippen LogP contribution in [-0.4, -0.2) is 22.5 Å². The van der Waals surface area contributed by atoms with Gasteiger partial charge in [0, 0.05) is 18.5 Å². The second kappa shape index (κ2) is 6.59. The van der Waals surface area contributed by atoms with E-state index in [4.69, 9.17) is 38.4 Å². The molecule has 8 heteroatoms. The number of nitrogens with two attached hydrogens (primary N) is 1. The molecule has 2 aromatic heterocycles. The number of imidazole rings is 1. The van der Waals surface area contributed by atoms with Gasteiger partial charge in [0.1, 0.15) is 23.6 Å². The summed E-state index contributed by atoms with van der Waals surface area (Å²) in [6.07, 6.45) is 3.46. The van der Waals surface area contributed by atoms with Crippen LogP contribution in [0.4, 0.5) is 5.69 Å². The van der Waals surface area contributed by atoms with Crippen molar-refractivity contribution >= 4 is 40.5 Å². The number of ether oxygens (including phenoxy) is 2. The van der Waals surface area contributed by atoms with Crippen LogP contribution in [0.2, 0.25) is 10.0 Å². The van der Waals surface area contributed by atoms with Gasteiger partial charge in [-0.2, -0.15) is 0 Å². The zero-order chi connectivity index (χ0) is 17.3. The standard InChI is InChI=1S/C16H13Cl2N3O3/c1-23-14-5-13(19)12(18)4-11(14)16(22)24-8-10-7-21-6-9(17)2-3-15(21)20-10/h2-7H,8,19H2,1H3. The summed E-state index contributed by atoms with van der Waals surface area (Å²) >= 11 is 11.9. The van der Waals surface area contributed by atoms with E-state index in [2.05, 4.69) is 4.98 Å². The number of methoxy groups -OCH3 is 1. The highest BCUT2D eigenvalue weighted by atomic mass is 35.5. The Labute approximate surface area is 147 Å². The number of pyridine rings is 1. The molecule has 124 valence electrons. The molecule has 0 amide bonds. The second-order valence-corrected chi connectivity index (χ2v) is 5.84. The summed E-state index contributed by atoms with van der Waals surface area (Å²) in [4.78, 5) is 16.6. The molecule has 0 aliphatic rings. The number of nitrogen functional groups attached to an aromatic ring is 1. The van der Waals surface area contributed by atoms with Crippen LogP contribution in [-0.2, 0) is 11.3 Å². The summed E-state index contributed by atoms with van der Waals surface area (Å²) in [7, 11) is 1.44. The lowest BCUT2D eigenvalue weighted by Crippen LogP contribution is -2.08. The van der Waals surface area contributed by atoms with Crippen molar-refractivity contribution in [1.29, 1.82) is 0 Å². The van der Waals surface area contributed by atoms with Crippen molar-refractivity contribution in [1.82, 2.24) is 9.38 Å². The van der Waals surface area contributed by atoms with E-state index in [0.29, 0.717) is 27.8 Å². The Hall–Kier alpha value is -2.44. The minimum atomic E-state index is -0.580. The minimum absolute atomic E-state index is 0.00326. The second-order valence-electron chi connectivity index (χ2n) is 5.00. The largest absolute Gasteiger partial charge is 0.496 e. The van der Waals surface area contributed by atoms with E-state index in [0.717, 1.165) is 0 Å². The molecular formula is C16H13Cl2N3O3. The summed E-state index contributed by atoms with van der Waals surface area (Å²) in [6.45, 7) is 0.00326. The van der Waals surface area contributed by atoms with Gasteiger partial charge in [-0.3, -0.25) is 0 Å². The quantitative estimate of drug-likeness (QED) is 0.564. The van der Waals surface area contributed by atoms with E-state index in [-0.39, 0.29) is 17.2 Å². The number of aromatic nitrogens is 2. The first-order valence-electron chi connectivity index (χ1n) is 6.91. The van der Waals surface area contributed by atoms with Gasteiger partial charge in [0.15, 0.2) is 0 Å². The number of carbonyl (C=O) groups is 1. The molecule has 3 rings (SSSR count). The third-order valence-corrected chi connectivity index (χ3v) is 3.91. The van der Waals surface area contributed by atoms with Crippen molar-refractivity contribution in [3.63, 3.8) is 0 Å². The molecule has 0 aliphatic heterocycles. The van der Waals surface area contributed by atoms with Crippen LogP contribution >= 0.6 is 23.2 Å². The molecule has 0 bridgehead atoms. The molecule has 2 N–H and O–H groups in total. The number of anilines is 1. The fourth-order valence-electron chi connectivity index (χ4n) is 2.20. The molecule has 0 spiro atoms. The van der Waals surface area contributed by atoms with E-state index >= 15 is 0 Å². The average molecular weight is 366 g/mol. The number of esters is 1. The third-order valence-electron chi connectivity index (χ3n) is 3.35. The highest BCUT2D eigenvalue weighted by Gasteiger charge is 2.17. The molecule has 0 fully saturated rings. The fourth-order valence-corrected chi connectivity index (χ4v) is 2.53. The van der Waals surface area contributed by atoms with Gasteiger partial charge in [0.25, 0.3) is 0 Å². The highest BCUT2D eigenvalue weighted by molar-refractivity contribution is 6.33. The zero-order valence-electron chi connectivity index (χ0n) is 12.6. The lowest BCUT2D eigenvalue weighted by molar-refractivity contribution is 0.0464. The normalized spacial score (nSPS) is 10.8. The Morgan fingerprint density at radius 2 is 2.08 bits per heavy atom. The van der Waals surface area contributed by atoms with Gasteiger partial charge in [-0.05, 0) is 18.2 Å². The van der Waals surface area contributed by atoms with Crippen molar-refractivity contribution < 1.29 is 14.3 Å². The molecule has 6 nitrogen and oxygen atoms in total. The Kier molecular flexibility index (Phi) is 4.51. The Morgan fingerprint density at radius 1 is 1.29 bits per heavy atom. The van der Waals surface area contributed by atoms with Crippen molar-refractivity contribution in [2.24, 2.45) is 0 Å². The maximum atomic E-state index is 12.3. The van der Waals surface area contributed by atoms with E-state index in [1.165, 1.54) is 19.2 Å². The molecule has 0 aliphatic carbocycles. The van der Waals surface area contributed by atoms with E-state index in [9.17, 15) is 4.79 Å². The molecule has 0 radical (unpaired) electrons. The Morgan fingerprint density at radius 3 is 2.83 bits per heavy atom. The first kappa shape index (κ1) is 16.4. The van der Waals surface area contributed by atoms with Crippen molar-refractivity contribution in [2.45, 2.75) is 6.61 Å². The molecule has 2 heterocycles. The Bertz CT molecular complexity index is 924. The van der Waals surface area contributed by atoms with Gasteiger partial charge in [0.05, 0.1) is 28.5 Å². The van der Waals surface area contributed by atoms with Crippen LogP contribution in [0.1, 0.15) is 16.1 Å². The first-order valence-corrected chi connectivity index (χ1v) is 7.67. The van der Waals surface area contributed by atoms with Crippen molar-refractivity contribution in [3.8, 4) is 5.75 Å². The minimum Gasteiger partial charge on any atom is -0.496 e. The number of rotatable bonds is 4. The summed E-state index contributed by atoms with van der Waals surface area (Å²) in [5, 5.41) is 0.842. The predicted molar refractivity (Wildman–Crippen MR) is 91.7 cm³/mol. The molecular weight excluding hydrogens is 353 g/mol. The van der Waals surface area contributed by atoms with Crippen molar-refractivity contribution in [3.05, 3.63) is 58.0 Å². The van der Waals surface area contributed by atoms with Gasteiger partial charge in [-0.1, -0.05) is 23.2 Å². The Balaban J connectivity index is 1.78. The number of fused-ring (bicyclic) bond motifs is 1. The summed E-state index contributed by atoms with van der Waals surface area (Å²) in [5.74, 6) is -0.285. The average Bonchev–Trinajstić information content (AvgIpc) is 2.96. The molecule has 0 saturated carbocycles. The predicted octanol–water partition coefficient (Wildman–Crippen LogP) is 3.59. The van der Waals surface area contributed by atoms with Gasteiger partial charge >= 0.3 is 5.97 Å². The van der Waals surface area contributed by atoms with Crippen LogP contribution in [0.25, 0.3) is 5.65 Å². The van der Waals surface area contributed by atoms with Crippen LogP contribution in [0.3, 0.4) is 0 Å². The monoisotopic (exact) mass is 365 g/mol. The van der Waals surface area contributed by atoms with Crippen LogP contribution in [0.5, 0.6) is 5.75 Å². The lowest BCUT2D eigenvalue weighted by atomic mass is 10.2. The number of benzene rings is 1. The van der Waals surface area contributed by atoms with E-state index in [1.54, 1.807) is 28.9 Å². The molecule has 3 aromatic rings. The highest BCUT2D eigenvalue weighted by Crippen LogP contribution is 2.29. The van der Waals surface area contributed by atoms with Gasteiger partial charge in [0.2, 0.25) is 0 Å². The summed E-state index contributed by atoms with van der Waals surface area (Å²) < 4.78 is 12.2. The lowest BCUT2D eigenvalue weighted by Gasteiger charge is -2.10. The van der Waals surface area contributed by atoms with Crippen molar-refractivity contribution in [2.75, 3.05) is 12.8 Å². The van der Waals surface area contributed by atoms with Gasteiger partial charge in [-0.25, -0.2) is 9.78 Å². The summed E-state index contributed by atoms with van der Waals surface area (Å²) in [5.41, 5.74) is 7.51. The number of hydrogen-bond acceptors (Lipinski definition) is 5. The van der Waals surface area contributed by atoms with E-state index < -0.39 is 5.97 Å². The van der Waals surface area contributed by atoms with E-state index in [1.807, 2.05) is 0 Å². The number of nitrogens with zero attached hydrogens (tertiary/aromatic N) is 2. The molecule has 24 heavy (non-hydrogen) atoms. The third kappa shape index (κ3) is 3.25. The zero-order valence-corrected chi connectivity index (χ0v) is 14.1. The fraction of sp³-hybridized carbons (Fsp3) is 0.125. The topological polar surface area (TPSA) is 78.8 Å². The number of carbonyl (C=O) groups excluding carboxylic acids is 1. The van der Waals surface area contributed by atoms with Gasteiger partial charge in [-0.15, -0.1) is 0 Å². The SMILES string of the molecule is COc1cc(N)c(Cl)cc1C(=O)OCc1cn2cc(Cl)ccc2n1. The van der Waals surface area contributed by atoms with Crippen LogP contribution in [0, 0.1) is 0 Å². The molecule has 0 unspecified atom stereocenters. The van der Waals surface area contributed by atoms with Gasteiger partial charge < -0.3 is 19.6 Å². The van der Waals surface area contributed by atoms with Crippen LogP contribution in [0.15, 0.2) is 36.7 Å². The molecule has 0 saturated heterocycles. The summed E-state index contributed by atoms with van der Waals surface area (Å²) in [6, 6.07) is 6.41. The molecule has 0 atom stereocenters. The smallest absolute Gasteiger partial charge is 0.342 e. The van der Waals surface area contributed by atoms with Crippen LogP contribution < -0.4 is 10.5 Å². The maximum absolute atomic E-state index is 12.3. The number of hydrogen-bond donors (Lipinski definition) is 1.